The van der Waals surface area contributed by atoms with Crippen LogP contribution in [0.25, 0.3) is 0 Å². The molecule has 2 fully saturated rings. The summed E-state index contributed by atoms with van der Waals surface area (Å²) in [5.41, 5.74) is 5.59. The Morgan fingerprint density at radius 2 is 2.33 bits per heavy atom. The van der Waals surface area contributed by atoms with Crippen molar-refractivity contribution in [3.8, 4) is 0 Å². The first-order valence-corrected chi connectivity index (χ1v) is 4.84. The average molecular weight is 191 g/mol. The first kappa shape index (κ1) is 8.77. The highest BCUT2D eigenvalue weighted by Crippen LogP contribution is 2.51. The molecule has 1 saturated carbocycles. The number of aliphatic hydroxyl groups is 2. The first-order chi connectivity index (χ1) is 5.69. The molecule has 0 aromatic rings. The first-order valence-electron chi connectivity index (χ1n) is 4.10. The monoisotopic (exact) mass is 191 g/mol. The Balaban J connectivity index is 2.11. The van der Waals surface area contributed by atoms with Gasteiger partial charge >= 0.3 is 0 Å². The van der Waals surface area contributed by atoms with Gasteiger partial charge in [0.05, 0.1) is 10.9 Å². The highest BCUT2D eigenvalue weighted by molar-refractivity contribution is 7.97. The molecule has 4 N–H and O–H groups in total. The van der Waals surface area contributed by atoms with Crippen LogP contribution < -0.4 is 5.73 Å². The maximum Gasteiger partial charge on any atom is 0.119 e. The summed E-state index contributed by atoms with van der Waals surface area (Å²) in [7, 11) is 0. The normalized spacial score (nSPS) is 52.8. The van der Waals surface area contributed by atoms with Crippen molar-refractivity contribution in [1.82, 2.24) is 0 Å². The Morgan fingerprint density at radius 1 is 1.58 bits per heavy atom. The summed E-state index contributed by atoms with van der Waals surface area (Å²) in [6, 6.07) is 0. The van der Waals surface area contributed by atoms with Gasteiger partial charge in [0.15, 0.2) is 0 Å². The Kier molecular flexibility index (Phi) is 2.08. The summed E-state index contributed by atoms with van der Waals surface area (Å²) in [5, 5.41) is 18.8. The second-order valence-electron chi connectivity index (χ2n) is 3.47. The summed E-state index contributed by atoms with van der Waals surface area (Å²) in [5.74, 6) is 0. The molecular formula is C7H13NO3S. The number of hydrogen-bond donors (Lipinski definition) is 3. The third-order valence-corrected chi connectivity index (χ3v) is 3.99. The van der Waals surface area contributed by atoms with Crippen molar-refractivity contribution in [1.29, 1.82) is 0 Å². The SMILES string of the molecule is NCC12CCC(O)C(O)C1OS2. The summed E-state index contributed by atoms with van der Waals surface area (Å²) in [6.07, 6.45) is -0.224. The van der Waals surface area contributed by atoms with Crippen LogP contribution in [0.4, 0.5) is 0 Å². The highest BCUT2D eigenvalue weighted by atomic mass is 32.2. The number of fused-ring (bicyclic) bond motifs is 1. The van der Waals surface area contributed by atoms with Crippen LogP contribution in [-0.2, 0) is 4.18 Å². The van der Waals surface area contributed by atoms with Gasteiger partial charge in [-0.25, -0.2) is 0 Å². The van der Waals surface area contributed by atoms with Gasteiger partial charge in [-0.2, -0.15) is 0 Å². The van der Waals surface area contributed by atoms with Gasteiger partial charge in [-0.05, 0) is 12.8 Å². The summed E-state index contributed by atoms with van der Waals surface area (Å²) < 4.78 is 5.01. The molecule has 0 spiro atoms. The Labute approximate surface area is 75.3 Å². The molecule has 5 heteroatoms. The molecule has 4 unspecified atom stereocenters. The third-order valence-electron chi connectivity index (χ3n) is 2.75. The van der Waals surface area contributed by atoms with Crippen LogP contribution in [0.15, 0.2) is 0 Å². The lowest BCUT2D eigenvalue weighted by atomic mass is 9.81. The molecule has 70 valence electrons. The van der Waals surface area contributed by atoms with E-state index in [1.165, 1.54) is 12.0 Å². The lowest BCUT2D eigenvalue weighted by Crippen LogP contribution is -2.64. The van der Waals surface area contributed by atoms with Crippen molar-refractivity contribution in [2.75, 3.05) is 6.54 Å². The van der Waals surface area contributed by atoms with Crippen LogP contribution >= 0.6 is 12.0 Å². The average Bonchev–Trinajstić information content (AvgIpc) is 2.02. The molecule has 12 heavy (non-hydrogen) atoms. The second-order valence-corrected chi connectivity index (χ2v) is 4.64. The van der Waals surface area contributed by atoms with Crippen LogP contribution in [0.1, 0.15) is 12.8 Å². The van der Waals surface area contributed by atoms with Gasteiger partial charge in [-0.1, -0.05) is 0 Å². The van der Waals surface area contributed by atoms with Gasteiger partial charge in [0.1, 0.15) is 12.2 Å². The molecule has 0 aromatic carbocycles. The fraction of sp³-hybridized carbons (Fsp3) is 1.00. The molecule has 1 saturated heterocycles. The fourth-order valence-corrected chi connectivity index (χ4v) is 2.81. The van der Waals surface area contributed by atoms with Crippen LogP contribution in [0.5, 0.6) is 0 Å². The summed E-state index contributed by atoms with van der Waals surface area (Å²) in [6.45, 7) is 0.506. The van der Waals surface area contributed by atoms with E-state index in [-0.39, 0.29) is 10.9 Å². The number of hydrogen-bond acceptors (Lipinski definition) is 5. The topological polar surface area (TPSA) is 75.7 Å². The molecule has 0 bridgehead atoms. The largest absolute Gasteiger partial charge is 0.390 e. The van der Waals surface area contributed by atoms with Crippen molar-refractivity contribution in [3.05, 3.63) is 0 Å². The maximum absolute atomic E-state index is 9.52. The van der Waals surface area contributed by atoms with Gasteiger partial charge in [-0.15, -0.1) is 0 Å². The van der Waals surface area contributed by atoms with Crippen LogP contribution in [-0.4, -0.2) is 39.8 Å². The molecule has 0 aromatic heterocycles. The predicted molar refractivity (Wildman–Crippen MR) is 45.5 cm³/mol. The molecule has 0 radical (unpaired) electrons. The van der Waals surface area contributed by atoms with E-state index in [1.807, 2.05) is 0 Å². The molecule has 1 aliphatic heterocycles. The lowest BCUT2D eigenvalue weighted by molar-refractivity contribution is -0.103. The van der Waals surface area contributed by atoms with E-state index < -0.39 is 12.2 Å². The standard InChI is InChI=1S/C7H13NO3S/c8-3-7-2-1-4(9)5(10)6(7)11-12-7/h4-6,9-10H,1-3,8H2. The third kappa shape index (κ3) is 1.01. The quantitative estimate of drug-likeness (QED) is 0.475. The van der Waals surface area contributed by atoms with Crippen molar-refractivity contribution in [2.45, 2.75) is 35.9 Å². The number of nitrogens with two attached hydrogens (primary N) is 1. The van der Waals surface area contributed by atoms with Crippen LogP contribution in [0.2, 0.25) is 0 Å². The van der Waals surface area contributed by atoms with Gasteiger partial charge in [0.25, 0.3) is 0 Å². The van der Waals surface area contributed by atoms with Crippen molar-refractivity contribution in [3.63, 3.8) is 0 Å². The minimum Gasteiger partial charge on any atom is -0.390 e. The van der Waals surface area contributed by atoms with Crippen LogP contribution in [0, 0.1) is 0 Å². The smallest absolute Gasteiger partial charge is 0.119 e. The van der Waals surface area contributed by atoms with E-state index in [2.05, 4.69) is 0 Å². The Hall–Kier alpha value is 0.190. The zero-order valence-electron chi connectivity index (χ0n) is 6.64. The van der Waals surface area contributed by atoms with E-state index in [0.717, 1.165) is 6.42 Å². The molecule has 4 atom stereocenters. The van der Waals surface area contributed by atoms with Gasteiger partial charge in [0.2, 0.25) is 0 Å². The van der Waals surface area contributed by atoms with Crippen molar-refractivity contribution in [2.24, 2.45) is 5.73 Å². The highest BCUT2D eigenvalue weighted by Gasteiger charge is 2.57. The van der Waals surface area contributed by atoms with E-state index >= 15 is 0 Å². The Bertz CT molecular complexity index is 187. The maximum atomic E-state index is 9.52. The zero-order valence-corrected chi connectivity index (χ0v) is 7.46. The molecular weight excluding hydrogens is 178 g/mol. The van der Waals surface area contributed by atoms with E-state index in [9.17, 15) is 10.2 Å². The van der Waals surface area contributed by atoms with E-state index in [1.54, 1.807) is 0 Å². The van der Waals surface area contributed by atoms with Crippen molar-refractivity contribution < 1.29 is 14.4 Å². The number of rotatable bonds is 1. The predicted octanol–water partition coefficient (Wildman–Crippen LogP) is -0.754. The Morgan fingerprint density at radius 3 is 2.83 bits per heavy atom. The second kappa shape index (κ2) is 2.85. The molecule has 4 nitrogen and oxygen atoms in total. The molecule has 2 aliphatic rings. The fourth-order valence-electron chi connectivity index (χ4n) is 1.81. The molecule has 2 rings (SSSR count). The van der Waals surface area contributed by atoms with Crippen molar-refractivity contribution >= 4 is 12.0 Å². The number of aliphatic hydroxyl groups excluding tert-OH is 2. The zero-order chi connectivity index (χ0) is 8.77. The molecule has 1 aliphatic carbocycles. The van der Waals surface area contributed by atoms with E-state index in [4.69, 9.17) is 9.92 Å². The van der Waals surface area contributed by atoms with Gasteiger partial charge in [-0.3, -0.25) is 0 Å². The minimum absolute atomic E-state index is 0.126. The minimum atomic E-state index is -0.761. The van der Waals surface area contributed by atoms with E-state index in [0.29, 0.717) is 13.0 Å². The summed E-state index contributed by atoms with van der Waals surface area (Å²) in [4.78, 5) is 0. The lowest BCUT2D eigenvalue weighted by Gasteiger charge is -2.52. The van der Waals surface area contributed by atoms with Gasteiger partial charge < -0.3 is 20.1 Å². The molecule has 0 amide bonds. The molecule has 1 heterocycles. The summed E-state index contributed by atoms with van der Waals surface area (Å²) >= 11 is 1.35. The van der Waals surface area contributed by atoms with Crippen LogP contribution in [0.3, 0.4) is 0 Å². The van der Waals surface area contributed by atoms with Gasteiger partial charge in [0, 0.05) is 18.6 Å².